The van der Waals surface area contributed by atoms with Crippen molar-refractivity contribution in [2.45, 2.75) is 63.1 Å². The molecule has 10 heteroatoms. The van der Waals surface area contributed by atoms with Gasteiger partial charge >= 0.3 is 11.7 Å². The molecule has 2 rings (SSSR count). The van der Waals surface area contributed by atoms with Gasteiger partial charge in [-0.3, -0.25) is 9.36 Å². The minimum atomic E-state index is -2.20. The molecule has 0 spiro atoms. The number of nitrogen functional groups attached to an aromatic ring is 1. The largest absolute Gasteiger partial charge is 0.463 e. The van der Waals surface area contributed by atoms with Crippen LogP contribution < -0.4 is 11.4 Å². The molecule has 1 aromatic heterocycles. The maximum Gasteiger partial charge on any atom is 0.352 e. The lowest BCUT2D eigenvalue weighted by Crippen LogP contribution is -2.49. The van der Waals surface area contributed by atoms with Gasteiger partial charge in [-0.15, -0.1) is 0 Å². The summed E-state index contributed by atoms with van der Waals surface area (Å²) in [7, 11) is 0. The van der Waals surface area contributed by atoms with Crippen LogP contribution in [0.3, 0.4) is 0 Å². The molecule has 148 valence electrons. The highest BCUT2D eigenvalue weighted by molar-refractivity contribution is 5.69. The van der Waals surface area contributed by atoms with E-state index in [0.717, 1.165) is 30.0 Å². The molecule has 0 amide bonds. The van der Waals surface area contributed by atoms with E-state index in [2.05, 4.69) is 11.9 Å². The van der Waals surface area contributed by atoms with E-state index < -0.39 is 35.7 Å². The van der Waals surface area contributed by atoms with Crippen LogP contribution in [-0.4, -0.2) is 50.7 Å². The van der Waals surface area contributed by atoms with E-state index in [4.69, 9.17) is 15.2 Å². The molecule has 0 saturated carbocycles. The van der Waals surface area contributed by atoms with Crippen molar-refractivity contribution in [2.24, 2.45) is 0 Å². The van der Waals surface area contributed by atoms with E-state index >= 15 is 0 Å². The van der Waals surface area contributed by atoms with Crippen molar-refractivity contribution in [2.75, 3.05) is 12.3 Å². The number of aromatic nitrogens is 2. The number of nitriles is 1. The van der Waals surface area contributed by atoms with Crippen molar-refractivity contribution in [1.29, 1.82) is 5.26 Å². The number of hydrogen-bond donors (Lipinski definition) is 3. The predicted molar refractivity (Wildman–Crippen MR) is 93.1 cm³/mol. The van der Waals surface area contributed by atoms with Gasteiger partial charge in [0.15, 0.2) is 0 Å². The van der Waals surface area contributed by atoms with Gasteiger partial charge in [-0.2, -0.15) is 10.2 Å². The van der Waals surface area contributed by atoms with E-state index in [-0.39, 0.29) is 18.8 Å². The summed E-state index contributed by atoms with van der Waals surface area (Å²) >= 11 is 0. The monoisotopic (exact) mass is 380 g/mol. The number of hydrogen-bond acceptors (Lipinski definition) is 9. The van der Waals surface area contributed by atoms with Gasteiger partial charge in [0.05, 0.1) is 0 Å². The molecule has 1 fully saturated rings. The van der Waals surface area contributed by atoms with E-state index in [0.29, 0.717) is 6.42 Å². The smallest absolute Gasteiger partial charge is 0.352 e. The highest BCUT2D eigenvalue weighted by atomic mass is 16.6. The van der Waals surface area contributed by atoms with Crippen LogP contribution in [0, 0.1) is 11.3 Å². The Kier molecular flexibility index (Phi) is 6.90. The number of unbranched alkanes of at least 4 members (excludes halogenated alkanes) is 3. The molecule has 4 N–H and O–H groups in total. The highest BCUT2D eigenvalue weighted by Gasteiger charge is 2.57. The lowest BCUT2D eigenvalue weighted by atomic mass is 10.0. The number of nitrogens with zero attached hydrogens (tertiary/aromatic N) is 3. The third-order valence-electron chi connectivity index (χ3n) is 4.42. The van der Waals surface area contributed by atoms with Crippen LogP contribution in [-0.2, 0) is 20.0 Å². The van der Waals surface area contributed by atoms with Crippen LogP contribution in [0.15, 0.2) is 17.1 Å². The number of carbonyl (C=O) groups excluding carboxylic acids is 1. The van der Waals surface area contributed by atoms with E-state index in [1.807, 2.05) is 0 Å². The van der Waals surface area contributed by atoms with Crippen molar-refractivity contribution in [3.05, 3.63) is 22.7 Å². The van der Waals surface area contributed by atoms with Gasteiger partial charge in [0, 0.05) is 12.6 Å². The fourth-order valence-corrected chi connectivity index (χ4v) is 2.90. The fourth-order valence-electron chi connectivity index (χ4n) is 2.90. The average molecular weight is 380 g/mol. The first-order valence-electron chi connectivity index (χ1n) is 8.82. The maximum absolute atomic E-state index is 12.1. The molecule has 2 heterocycles. The van der Waals surface area contributed by atoms with Crippen LogP contribution in [0.1, 0.15) is 39.0 Å². The quantitative estimate of drug-likeness (QED) is 0.404. The molecule has 1 aliphatic rings. The second kappa shape index (κ2) is 8.94. The molecule has 0 bridgehead atoms. The number of carbonyl (C=O) groups is 1. The van der Waals surface area contributed by atoms with Crippen molar-refractivity contribution in [3.8, 4) is 6.07 Å². The molecule has 27 heavy (non-hydrogen) atoms. The number of rotatable bonds is 8. The molecular weight excluding hydrogens is 356 g/mol. The Hall–Kier alpha value is -2.48. The molecule has 1 aromatic rings. The van der Waals surface area contributed by atoms with Gasteiger partial charge in [-0.05, 0) is 12.5 Å². The van der Waals surface area contributed by atoms with Crippen molar-refractivity contribution < 1.29 is 24.5 Å². The third-order valence-corrected chi connectivity index (χ3v) is 4.42. The number of anilines is 1. The van der Waals surface area contributed by atoms with E-state index in [9.17, 15) is 25.1 Å². The summed E-state index contributed by atoms with van der Waals surface area (Å²) in [6.45, 7) is 1.71. The zero-order valence-corrected chi connectivity index (χ0v) is 15.1. The zero-order chi connectivity index (χ0) is 20.0. The van der Waals surface area contributed by atoms with Crippen LogP contribution >= 0.6 is 0 Å². The standard InChI is InChI=1S/C17H24N4O6/c1-2-3-4-5-6-13(22)26-9-11-14(23)15(24)17(10-18,27-11)21-8-7-12(19)20-16(21)25/h7-8,11,14-15,23-24H,2-6,9H2,1H3,(H2,19,20,25)/t11-,14-,15-,17-/m1/s1. The second-order valence-corrected chi connectivity index (χ2v) is 6.40. The lowest BCUT2D eigenvalue weighted by Gasteiger charge is -2.26. The number of aliphatic hydroxyl groups is 2. The molecule has 4 atom stereocenters. The molecule has 1 aliphatic heterocycles. The Balaban J connectivity index is 2.06. The fraction of sp³-hybridized carbons (Fsp3) is 0.647. The number of aliphatic hydroxyl groups excluding tert-OH is 2. The molecule has 0 aliphatic carbocycles. The predicted octanol–water partition coefficient (Wildman–Crippen LogP) is -0.364. The Morgan fingerprint density at radius 2 is 2.22 bits per heavy atom. The summed E-state index contributed by atoms with van der Waals surface area (Å²) in [4.78, 5) is 27.3. The van der Waals surface area contributed by atoms with Crippen molar-refractivity contribution in [3.63, 3.8) is 0 Å². The second-order valence-electron chi connectivity index (χ2n) is 6.40. The van der Waals surface area contributed by atoms with Crippen LogP contribution in [0.2, 0.25) is 0 Å². The third kappa shape index (κ3) is 4.44. The lowest BCUT2D eigenvalue weighted by molar-refractivity contribution is -0.153. The SMILES string of the molecule is CCCCCCC(=O)OC[C@H]1O[C@@](C#N)(n2ccc(N)nc2=O)[C@H](O)[C@@H]1O. The summed E-state index contributed by atoms with van der Waals surface area (Å²) in [6.07, 6.45) is 0.589. The highest BCUT2D eigenvalue weighted by Crippen LogP contribution is 2.34. The van der Waals surface area contributed by atoms with Crippen LogP contribution in [0.25, 0.3) is 0 Å². The summed E-state index contributed by atoms with van der Waals surface area (Å²) in [5.74, 6) is -0.525. The average Bonchev–Trinajstić information content (AvgIpc) is 2.89. The summed E-state index contributed by atoms with van der Waals surface area (Å²) in [6, 6.07) is 2.97. The van der Waals surface area contributed by atoms with Gasteiger partial charge in [0.2, 0.25) is 0 Å². The van der Waals surface area contributed by atoms with Crippen molar-refractivity contribution >= 4 is 11.8 Å². The minimum Gasteiger partial charge on any atom is -0.463 e. The van der Waals surface area contributed by atoms with Gasteiger partial charge < -0.3 is 25.4 Å². The Labute approximate surface area is 156 Å². The van der Waals surface area contributed by atoms with Crippen LogP contribution in [0.4, 0.5) is 5.82 Å². The normalized spacial score (nSPS) is 27.3. The minimum absolute atomic E-state index is 0.0640. The Bertz CT molecular complexity index is 761. The van der Waals surface area contributed by atoms with Gasteiger partial charge in [0.1, 0.15) is 36.8 Å². The van der Waals surface area contributed by atoms with Gasteiger partial charge in [-0.25, -0.2) is 4.79 Å². The molecular formula is C17H24N4O6. The maximum atomic E-state index is 12.1. The van der Waals surface area contributed by atoms with Gasteiger partial charge in [-0.1, -0.05) is 26.2 Å². The summed E-state index contributed by atoms with van der Waals surface area (Å²) in [5, 5.41) is 30.1. The number of esters is 1. The van der Waals surface area contributed by atoms with Gasteiger partial charge in [0.25, 0.3) is 5.72 Å². The number of ether oxygens (including phenoxy) is 2. The van der Waals surface area contributed by atoms with Crippen LogP contribution in [0.5, 0.6) is 0 Å². The van der Waals surface area contributed by atoms with E-state index in [1.165, 1.54) is 6.07 Å². The first-order chi connectivity index (χ1) is 12.9. The zero-order valence-electron chi connectivity index (χ0n) is 15.1. The first kappa shape index (κ1) is 20.8. The molecule has 0 unspecified atom stereocenters. The molecule has 0 aromatic carbocycles. The summed E-state index contributed by atoms with van der Waals surface area (Å²) < 4.78 is 11.3. The first-order valence-corrected chi connectivity index (χ1v) is 8.82. The molecule has 10 nitrogen and oxygen atoms in total. The molecule has 1 saturated heterocycles. The summed E-state index contributed by atoms with van der Waals surface area (Å²) in [5.41, 5.74) is 2.30. The molecule has 0 radical (unpaired) electrons. The topological polar surface area (TPSA) is 161 Å². The van der Waals surface area contributed by atoms with E-state index in [1.54, 1.807) is 6.07 Å². The Morgan fingerprint density at radius 1 is 1.48 bits per heavy atom. The number of nitrogens with two attached hydrogens (primary N) is 1. The van der Waals surface area contributed by atoms with Crippen molar-refractivity contribution in [1.82, 2.24) is 9.55 Å². The Morgan fingerprint density at radius 3 is 2.85 bits per heavy atom.